The lowest BCUT2D eigenvalue weighted by Gasteiger charge is -2.16. The third kappa shape index (κ3) is 4.89. The Morgan fingerprint density at radius 1 is 1.20 bits per heavy atom. The number of nitrogens with zero attached hydrogens (tertiary/aromatic N) is 2. The molecule has 1 heterocycles. The Hall–Kier alpha value is -2.69. The molecule has 0 aliphatic rings. The average Bonchev–Trinajstić information content (AvgIpc) is 2.70. The number of fused-ring (bicyclic) bond motifs is 1. The summed E-state index contributed by atoms with van der Waals surface area (Å²) in [7, 11) is -3.79. The number of thioether (sulfide) groups is 1. The second-order valence-corrected chi connectivity index (χ2v) is 9.56. The van der Waals surface area contributed by atoms with E-state index in [2.05, 4.69) is 10.3 Å². The highest BCUT2D eigenvalue weighted by atomic mass is 32.2. The van der Waals surface area contributed by atoms with Crippen LogP contribution in [0.15, 0.2) is 63.4 Å². The fourth-order valence-corrected chi connectivity index (χ4v) is 4.29. The van der Waals surface area contributed by atoms with Gasteiger partial charge in [-0.3, -0.25) is 14.2 Å². The van der Waals surface area contributed by atoms with Gasteiger partial charge >= 0.3 is 0 Å². The number of primary sulfonamides is 1. The summed E-state index contributed by atoms with van der Waals surface area (Å²) in [5.41, 5.74) is 0.900. The van der Waals surface area contributed by atoms with Gasteiger partial charge < -0.3 is 5.32 Å². The van der Waals surface area contributed by atoms with Crippen LogP contribution in [-0.2, 0) is 21.4 Å². The van der Waals surface area contributed by atoms with Crippen LogP contribution in [-0.4, -0.2) is 29.1 Å². The van der Waals surface area contributed by atoms with Crippen molar-refractivity contribution in [2.24, 2.45) is 5.14 Å². The van der Waals surface area contributed by atoms with Crippen molar-refractivity contribution >= 4 is 44.3 Å². The van der Waals surface area contributed by atoms with Crippen molar-refractivity contribution in [3.8, 4) is 0 Å². The molecule has 3 rings (SSSR count). The highest BCUT2D eigenvalue weighted by Crippen LogP contribution is 2.24. The fourth-order valence-electron chi connectivity index (χ4n) is 2.84. The lowest BCUT2D eigenvalue weighted by atomic mass is 10.2. The van der Waals surface area contributed by atoms with Crippen LogP contribution in [0.4, 0.5) is 5.69 Å². The van der Waals surface area contributed by atoms with Crippen LogP contribution in [0.5, 0.6) is 0 Å². The number of nitrogens with one attached hydrogen (secondary N) is 1. The number of amides is 1. The molecule has 1 aromatic heterocycles. The molecule has 1 unspecified atom stereocenters. The lowest BCUT2D eigenvalue weighted by Crippen LogP contribution is -2.27. The maximum Gasteiger partial charge on any atom is 0.262 e. The Morgan fingerprint density at radius 3 is 2.50 bits per heavy atom. The van der Waals surface area contributed by atoms with Gasteiger partial charge in [-0.2, -0.15) is 0 Å². The predicted octanol–water partition coefficient (Wildman–Crippen LogP) is 2.57. The molecule has 0 radical (unpaired) electrons. The molecule has 3 N–H and O–H groups in total. The molecule has 0 aliphatic carbocycles. The minimum atomic E-state index is -3.79. The van der Waals surface area contributed by atoms with E-state index in [0.29, 0.717) is 28.3 Å². The van der Waals surface area contributed by atoms with Gasteiger partial charge in [-0.15, -0.1) is 0 Å². The monoisotopic (exact) mass is 446 g/mol. The highest BCUT2D eigenvalue weighted by Gasteiger charge is 2.19. The van der Waals surface area contributed by atoms with Gasteiger partial charge in [0.05, 0.1) is 21.0 Å². The fraction of sp³-hybridized carbons (Fsp3) is 0.250. The molecule has 0 spiro atoms. The molecule has 0 saturated heterocycles. The van der Waals surface area contributed by atoms with Crippen molar-refractivity contribution in [1.29, 1.82) is 0 Å². The van der Waals surface area contributed by atoms with E-state index in [0.717, 1.165) is 6.42 Å². The van der Waals surface area contributed by atoms with Gasteiger partial charge in [0.2, 0.25) is 15.9 Å². The summed E-state index contributed by atoms with van der Waals surface area (Å²) < 4.78 is 24.3. The minimum Gasteiger partial charge on any atom is -0.325 e. The van der Waals surface area contributed by atoms with Crippen LogP contribution in [0.1, 0.15) is 20.3 Å². The Bertz CT molecular complexity index is 1240. The van der Waals surface area contributed by atoms with Crippen LogP contribution in [0.3, 0.4) is 0 Å². The first kappa shape index (κ1) is 22.0. The number of carbonyl (C=O) groups is 1. The van der Waals surface area contributed by atoms with Gasteiger partial charge in [0.25, 0.3) is 5.56 Å². The van der Waals surface area contributed by atoms with Gasteiger partial charge in [-0.25, -0.2) is 18.5 Å². The SMILES string of the molecule is CCCn1c(SC(C)C(=O)Nc2ccc(S(N)(=O)=O)cc2)nc2ccccc2c1=O. The largest absolute Gasteiger partial charge is 0.325 e. The molecule has 0 fully saturated rings. The van der Waals surface area contributed by atoms with E-state index >= 15 is 0 Å². The minimum absolute atomic E-state index is 0.0353. The molecule has 0 aliphatic heterocycles. The molecule has 10 heteroatoms. The quantitative estimate of drug-likeness (QED) is 0.425. The van der Waals surface area contributed by atoms with Crippen molar-refractivity contribution in [2.75, 3.05) is 5.32 Å². The zero-order valence-corrected chi connectivity index (χ0v) is 18.2. The first-order valence-corrected chi connectivity index (χ1v) is 11.7. The van der Waals surface area contributed by atoms with Crippen molar-refractivity contribution < 1.29 is 13.2 Å². The number of nitrogens with two attached hydrogens (primary N) is 1. The summed E-state index contributed by atoms with van der Waals surface area (Å²) in [6.45, 7) is 4.19. The molecule has 0 saturated carbocycles. The summed E-state index contributed by atoms with van der Waals surface area (Å²) in [4.78, 5) is 30.0. The molecule has 1 atom stereocenters. The highest BCUT2D eigenvalue weighted by molar-refractivity contribution is 8.00. The Labute approximate surface area is 178 Å². The van der Waals surface area contributed by atoms with E-state index in [4.69, 9.17) is 5.14 Å². The van der Waals surface area contributed by atoms with E-state index in [-0.39, 0.29) is 16.4 Å². The zero-order chi connectivity index (χ0) is 21.9. The Morgan fingerprint density at radius 2 is 1.87 bits per heavy atom. The van der Waals surface area contributed by atoms with Crippen molar-refractivity contribution in [3.05, 3.63) is 58.9 Å². The smallest absolute Gasteiger partial charge is 0.262 e. The van der Waals surface area contributed by atoms with E-state index < -0.39 is 15.3 Å². The predicted molar refractivity (Wildman–Crippen MR) is 118 cm³/mol. The second-order valence-electron chi connectivity index (χ2n) is 6.69. The summed E-state index contributed by atoms with van der Waals surface area (Å²) in [6, 6.07) is 12.7. The van der Waals surface area contributed by atoms with Gasteiger partial charge in [-0.05, 0) is 49.7 Å². The Kier molecular flexibility index (Phi) is 6.59. The number of para-hydroxylation sites is 1. The van der Waals surface area contributed by atoms with E-state index in [1.807, 2.05) is 13.0 Å². The van der Waals surface area contributed by atoms with Crippen molar-refractivity contribution in [2.45, 2.75) is 42.1 Å². The molecular formula is C20H22N4O4S2. The number of benzene rings is 2. The molecule has 1 amide bonds. The van der Waals surface area contributed by atoms with Gasteiger partial charge in [0, 0.05) is 12.2 Å². The lowest BCUT2D eigenvalue weighted by molar-refractivity contribution is -0.115. The van der Waals surface area contributed by atoms with Gasteiger partial charge in [0.1, 0.15) is 0 Å². The number of hydrogen-bond acceptors (Lipinski definition) is 6. The van der Waals surface area contributed by atoms with Crippen LogP contribution in [0.25, 0.3) is 10.9 Å². The van der Waals surface area contributed by atoms with Crippen LogP contribution in [0.2, 0.25) is 0 Å². The average molecular weight is 447 g/mol. The summed E-state index contributed by atoms with van der Waals surface area (Å²) in [6.07, 6.45) is 0.754. The summed E-state index contributed by atoms with van der Waals surface area (Å²) >= 11 is 1.20. The first-order chi connectivity index (χ1) is 14.2. The first-order valence-electron chi connectivity index (χ1n) is 9.30. The molecule has 8 nitrogen and oxygen atoms in total. The molecule has 0 bridgehead atoms. The van der Waals surface area contributed by atoms with Crippen LogP contribution < -0.4 is 16.0 Å². The molecular weight excluding hydrogens is 424 g/mol. The zero-order valence-electron chi connectivity index (χ0n) is 16.5. The number of sulfonamides is 1. The molecule has 2 aromatic carbocycles. The summed E-state index contributed by atoms with van der Waals surface area (Å²) in [5, 5.41) is 8.29. The Balaban J connectivity index is 1.82. The third-order valence-electron chi connectivity index (χ3n) is 4.38. The number of carbonyl (C=O) groups excluding carboxylic acids is 1. The van der Waals surface area contributed by atoms with Crippen molar-refractivity contribution in [3.63, 3.8) is 0 Å². The van der Waals surface area contributed by atoms with E-state index in [1.165, 1.54) is 36.0 Å². The standard InChI is InChI=1S/C20H22N4O4S2/c1-3-12-24-19(26)16-6-4-5-7-17(16)23-20(24)29-13(2)18(25)22-14-8-10-15(11-9-14)30(21,27)28/h4-11,13H,3,12H2,1-2H3,(H,22,25)(H2,21,27,28). The van der Waals surface area contributed by atoms with E-state index in [1.54, 1.807) is 29.7 Å². The topological polar surface area (TPSA) is 124 Å². The number of anilines is 1. The molecule has 3 aromatic rings. The van der Waals surface area contributed by atoms with Gasteiger partial charge in [-0.1, -0.05) is 30.8 Å². The normalized spacial score (nSPS) is 12.6. The van der Waals surface area contributed by atoms with Crippen molar-refractivity contribution in [1.82, 2.24) is 9.55 Å². The second kappa shape index (κ2) is 8.99. The van der Waals surface area contributed by atoms with Gasteiger partial charge in [0.15, 0.2) is 5.16 Å². The summed E-state index contributed by atoms with van der Waals surface area (Å²) in [5.74, 6) is -0.297. The number of hydrogen-bond donors (Lipinski definition) is 2. The maximum absolute atomic E-state index is 12.8. The molecule has 30 heavy (non-hydrogen) atoms. The third-order valence-corrected chi connectivity index (χ3v) is 6.39. The van der Waals surface area contributed by atoms with E-state index in [9.17, 15) is 18.0 Å². The number of rotatable bonds is 7. The number of aromatic nitrogens is 2. The maximum atomic E-state index is 12.8. The molecule has 158 valence electrons. The van der Waals surface area contributed by atoms with Crippen LogP contribution in [0, 0.1) is 0 Å². The van der Waals surface area contributed by atoms with Crippen LogP contribution >= 0.6 is 11.8 Å².